The first-order valence-corrected chi connectivity index (χ1v) is 15.0. The van der Waals surface area contributed by atoms with Crippen molar-refractivity contribution in [3.8, 4) is 0 Å². The molecule has 0 aromatic heterocycles. The predicted molar refractivity (Wildman–Crippen MR) is 129 cm³/mol. The fourth-order valence-electron chi connectivity index (χ4n) is 9.14. The van der Waals surface area contributed by atoms with E-state index >= 15 is 0 Å². The number of nitrogens with one attached hydrogen (secondary N) is 1. The molecule has 0 unspecified atom stereocenters. The van der Waals surface area contributed by atoms with E-state index in [1.807, 2.05) is 0 Å². The molecule has 0 heterocycles. The normalized spacial score (nSPS) is 43.8. The summed E-state index contributed by atoms with van der Waals surface area (Å²) in [5, 5.41) is 24.2. The number of aliphatic hydroxyl groups excluding tert-OH is 2. The smallest absolute Gasteiger partial charge is 0.748 e. The number of aliphatic hydroxyl groups is 2. The van der Waals surface area contributed by atoms with Crippen LogP contribution in [0.5, 0.6) is 0 Å². The van der Waals surface area contributed by atoms with Gasteiger partial charge in [-0.05, 0) is 104 Å². The monoisotopic (exact) mass is 521 g/mol. The Morgan fingerprint density at radius 1 is 1.06 bits per heavy atom. The zero-order valence-corrected chi connectivity index (χ0v) is 24.9. The number of fused-ring (bicyclic) bond motifs is 5. The van der Waals surface area contributed by atoms with Gasteiger partial charge in [0.1, 0.15) is 0 Å². The van der Waals surface area contributed by atoms with E-state index in [4.69, 9.17) is 0 Å². The molecule has 0 spiro atoms. The molecule has 1 amide bonds. The van der Waals surface area contributed by atoms with Crippen LogP contribution in [0.1, 0.15) is 85.0 Å². The molecule has 4 aliphatic carbocycles. The summed E-state index contributed by atoms with van der Waals surface area (Å²) in [4.78, 5) is 12.2. The molecule has 7 nitrogen and oxygen atoms in total. The van der Waals surface area contributed by atoms with Gasteiger partial charge in [-0.25, -0.2) is 8.42 Å². The second-order valence-corrected chi connectivity index (χ2v) is 14.1. The van der Waals surface area contributed by atoms with E-state index in [0.717, 1.165) is 51.4 Å². The van der Waals surface area contributed by atoms with E-state index < -0.39 is 15.9 Å². The minimum Gasteiger partial charge on any atom is -0.748 e. The van der Waals surface area contributed by atoms with Crippen molar-refractivity contribution in [2.75, 3.05) is 12.3 Å². The average Bonchev–Trinajstić information content (AvgIpc) is 3.09. The molecule has 10 atom stereocenters. The largest absolute Gasteiger partial charge is 1.00 e. The third-order valence-corrected chi connectivity index (χ3v) is 11.6. The van der Waals surface area contributed by atoms with Crippen LogP contribution in [-0.4, -0.2) is 53.6 Å². The van der Waals surface area contributed by atoms with Gasteiger partial charge in [0, 0.05) is 13.0 Å². The molecule has 0 aromatic carbocycles. The third-order valence-electron chi connectivity index (χ3n) is 10.9. The number of hydrogen-bond donors (Lipinski definition) is 3. The van der Waals surface area contributed by atoms with Crippen LogP contribution in [0.4, 0.5) is 0 Å². The molecule has 4 aliphatic rings. The van der Waals surface area contributed by atoms with E-state index in [1.165, 1.54) is 6.42 Å². The van der Waals surface area contributed by atoms with Crippen LogP contribution in [-0.2, 0) is 14.9 Å². The fourth-order valence-corrected chi connectivity index (χ4v) is 9.49. The van der Waals surface area contributed by atoms with Crippen molar-refractivity contribution in [2.45, 2.75) is 97.2 Å². The maximum atomic E-state index is 12.2. The Morgan fingerprint density at radius 2 is 1.71 bits per heavy atom. The number of amides is 1. The van der Waals surface area contributed by atoms with Crippen LogP contribution in [0.2, 0.25) is 0 Å². The maximum Gasteiger partial charge on any atom is 1.00 e. The molecule has 35 heavy (non-hydrogen) atoms. The van der Waals surface area contributed by atoms with Crippen molar-refractivity contribution >= 4 is 16.0 Å². The zero-order chi connectivity index (χ0) is 24.9. The van der Waals surface area contributed by atoms with Gasteiger partial charge in [-0.1, -0.05) is 20.8 Å². The molecule has 9 heteroatoms. The minimum absolute atomic E-state index is 0. The Labute approximate surface area is 233 Å². The van der Waals surface area contributed by atoms with Gasteiger partial charge in [0.2, 0.25) is 5.91 Å². The second kappa shape index (κ2) is 11.2. The molecule has 0 radical (unpaired) electrons. The van der Waals surface area contributed by atoms with Crippen molar-refractivity contribution in [3.05, 3.63) is 0 Å². The average molecular weight is 522 g/mol. The molecule has 4 rings (SSSR count). The van der Waals surface area contributed by atoms with Gasteiger partial charge in [-0.15, -0.1) is 0 Å². The summed E-state index contributed by atoms with van der Waals surface area (Å²) in [5.74, 6) is 1.92. The number of rotatable bonds is 7. The van der Waals surface area contributed by atoms with Crippen molar-refractivity contribution < 1.29 is 57.5 Å². The molecule has 0 aliphatic heterocycles. The van der Waals surface area contributed by atoms with Gasteiger partial charge in [0.15, 0.2) is 0 Å². The maximum absolute atomic E-state index is 12.2. The Hall–Kier alpha value is 0.300. The standard InChI is InChI=1S/C26H45NO6S.Na/c1-16(4-7-23(30)27-12-13-34(31,32)33)19-5-6-20-24-21(9-11-26(19,20)3)25(2)10-8-18(28)14-17(25)15-22(24)29;/h16-22,24,28-29H,4-15H2,1-3H3,(H,27,30)(H,31,32,33);/q;+1/p-1/t16-,17+,18-,19-,20+,21-,22+,24+,25+,26-;/m1./s1. The van der Waals surface area contributed by atoms with Gasteiger partial charge < -0.3 is 20.1 Å². The van der Waals surface area contributed by atoms with Crippen LogP contribution in [0.25, 0.3) is 0 Å². The summed E-state index contributed by atoms with van der Waals surface area (Å²) >= 11 is 0. The first-order chi connectivity index (χ1) is 15.8. The van der Waals surface area contributed by atoms with E-state index in [1.54, 1.807) is 0 Å². The summed E-state index contributed by atoms with van der Waals surface area (Å²) in [6.45, 7) is 6.96. The van der Waals surface area contributed by atoms with E-state index in [-0.39, 0.29) is 65.0 Å². The molecule has 196 valence electrons. The topological polar surface area (TPSA) is 127 Å². The third kappa shape index (κ3) is 5.99. The Balaban J connectivity index is 0.00000342. The predicted octanol–water partition coefficient (Wildman–Crippen LogP) is 0.0587. The molecular formula is C26H44NNaO6S. The molecular weight excluding hydrogens is 477 g/mol. The van der Waals surface area contributed by atoms with Crippen molar-refractivity contribution in [3.63, 3.8) is 0 Å². The Kier molecular flexibility index (Phi) is 9.54. The summed E-state index contributed by atoms with van der Waals surface area (Å²) < 4.78 is 32.2. The van der Waals surface area contributed by atoms with Gasteiger partial charge >= 0.3 is 29.6 Å². The SMILES string of the molecule is C[C@H](CCC(=O)NCCS(=O)(=O)[O-])[C@H]1CC[C@H]2[C@H]3[C@@H](CC[C@]12C)[C@@]1(C)CC[C@@H](O)C[C@H]1C[C@@H]3O.[Na+]. The van der Waals surface area contributed by atoms with Crippen molar-refractivity contribution in [2.24, 2.45) is 46.3 Å². The zero-order valence-electron chi connectivity index (χ0n) is 22.0. The van der Waals surface area contributed by atoms with Gasteiger partial charge in [-0.2, -0.15) is 0 Å². The van der Waals surface area contributed by atoms with Crippen LogP contribution < -0.4 is 34.9 Å². The van der Waals surface area contributed by atoms with Crippen LogP contribution in [0, 0.1) is 46.3 Å². The Morgan fingerprint density at radius 3 is 2.40 bits per heavy atom. The molecule has 0 bridgehead atoms. The minimum atomic E-state index is -4.31. The first kappa shape index (κ1) is 29.9. The van der Waals surface area contributed by atoms with E-state index in [0.29, 0.717) is 41.9 Å². The molecule has 0 saturated heterocycles. The van der Waals surface area contributed by atoms with Crippen molar-refractivity contribution in [1.29, 1.82) is 0 Å². The summed E-state index contributed by atoms with van der Waals surface area (Å²) in [7, 11) is -4.31. The van der Waals surface area contributed by atoms with Crippen molar-refractivity contribution in [1.82, 2.24) is 5.32 Å². The molecule has 4 fully saturated rings. The molecule has 4 saturated carbocycles. The van der Waals surface area contributed by atoms with Crippen LogP contribution >= 0.6 is 0 Å². The number of hydrogen-bond acceptors (Lipinski definition) is 6. The van der Waals surface area contributed by atoms with E-state index in [2.05, 4.69) is 26.1 Å². The quantitative estimate of drug-likeness (QED) is 0.321. The Bertz CT molecular complexity index is 870. The van der Waals surface area contributed by atoms with Gasteiger partial charge in [-0.3, -0.25) is 4.79 Å². The number of carbonyl (C=O) groups is 1. The van der Waals surface area contributed by atoms with Gasteiger partial charge in [0.05, 0.1) is 28.1 Å². The summed E-state index contributed by atoms with van der Waals surface area (Å²) in [6, 6.07) is 0. The summed E-state index contributed by atoms with van der Waals surface area (Å²) in [6.07, 6.45) is 8.78. The summed E-state index contributed by atoms with van der Waals surface area (Å²) in [5.41, 5.74) is 0.399. The fraction of sp³-hybridized carbons (Fsp3) is 0.962. The van der Waals surface area contributed by atoms with E-state index in [9.17, 15) is 28.0 Å². The first-order valence-electron chi connectivity index (χ1n) is 13.4. The van der Waals surface area contributed by atoms with Crippen LogP contribution in [0.15, 0.2) is 0 Å². The number of carbonyl (C=O) groups excluding carboxylic acids is 1. The second-order valence-electron chi connectivity index (χ2n) is 12.6. The van der Waals surface area contributed by atoms with Gasteiger partial charge in [0.25, 0.3) is 0 Å². The molecule has 0 aromatic rings. The molecule has 3 N–H and O–H groups in total. The van der Waals surface area contributed by atoms with Crippen LogP contribution in [0.3, 0.4) is 0 Å².